The van der Waals surface area contributed by atoms with Crippen LogP contribution in [0.2, 0.25) is 0 Å². The number of carbonyl (C=O) groups excluding carboxylic acids is 1. The molecule has 0 radical (unpaired) electrons. The Morgan fingerprint density at radius 2 is 1.66 bits per heavy atom. The molecule has 35 heavy (non-hydrogen) atoms. The summed E-state index contributed by atoms with van der Waals surface area (Å²) in [6.07, 6.45) is 16.6. The molecule has 3 fully saturated rings. The zero-order chi connectivity index (χ0) is 24.7. The van der Waals surface area contributed by atoms with Crippen molar-refractivity contribution in [2.24, 2.45) is 4.99 Å². The maximum Gasteiger partial charge on any atom is 0.266 e. The van der Waals surface area contributed by atoms with E-state index in [1.165, 1.54) is 60.9 Å². The fraction of sp³-hybridized carbons (Fsp3) is 0.600. The molecule has 5 heteroatoms. The number of fused-ring (bicyclic) bond motifs is 1. The zero-order valence-electron chi connectivity index (χ0n) is 22.2. The Kier molecular flexibility index (Phi) is 6.91. The maximum atomic E-state index is 13.8. The number of allylic oxidation sites excluding steroid dienone is 1. The highest BCUT2D eigenvalue weighted by Crippen LogP contribution is 2.42. The first-order valence-corrected chi connectivity index (χ1v) is 14.5. The monoisotopic (exact) mass is 491 g/mol. The van der Waals surface area contributed by atoms with Crippen molar-refractivity contribution in [1.29, 1.82) is 0 Å². The lowest BCUT2D eigenvalue weighted by molar-refractivity contribution is -0.124. The number of aryl methyl sites for hydroxylation is 1. The number of likely N-dealkylation sites (N-methyl/N-ethyl adjacent to an activating group) is 1. The Balaban J connectivity index is 1.50. The number of nitrogens with zero attached hydrogens (tertiary/aromatic N) is 3. The Bertz CT molecular complexity index is 1090. The standard InChI is InChI=1S/C30H41N3OS/c1-20-16-26-25(21(2)19-30(3,4)32(26)5)17-22(20)18-27-28(34)33(24-14-10-7-11-15-24)29(35-27)31-23-12-8-6-9-13-23/h16-19,23-24H,6-15H2,1-5H3/b27-18+,31-29?. The van der Waals surface area contributed by atoms with Crippen LogP contribution >= 0.6 is 11.8 Å². The van der Waals surface area contributed by atoms with E-state index < -0.39 is 0 Å². The van der Waals surface area contributed by atoms with E-state index in [0.717, 1.165) is 41.3 Å². The molecule has 2 aliphatic carbocycles. The summed E-state index contributed by atoms with van der Waals surface area (Å²) in [5.74, 6) is 0.166. The van der Waals surface area contributed by atoms with E-state index in [0.29, 0.717) is 12.1 Å². The van der Waals surface area contributed by atoms with Crippen LogP contribution in [0, 0.1) is 6.92 Å². The predicted octanol–water partition coefficient (Wildman–Crippen LogP) is 7.56. The number of aliphatic imine (C=N–C) groups is 1. The first-order valence-electron chi connectivity index (χ1n) is 13.6. The average molecular weight is 492 g/mol. The van der Waals surface area contributed by atoms with Crippen molar-refractivity contribution in [3.8, 4) is 0 Å². The van der Waals surface area contributed by atoms with Gasteiger partial charge in [0.25, 0.3) is 5.91 Å². The Hall–Kier alpha value is -2.01. The Morgan fingerprint density at radius 3 is 2.34 bits per heavy atom. The lowest BCUT2D eigenvalue weighted by Crippen LogP contribution is -2.42. The van der Waals surface area contributed by atoms with E-state index in [-0.39, 0.29) is 11.4 Å². The van der Waals surface area contributed by atoms with Gasteiger partial charge in [0.1, 0.15) is 0 Å². The molecule has 1 saturated heterocycles. The van der Waals surface area contributed by atoms with Crippen LogP contribution in [0.15, 0.2) is 28.1 Å². The summed E-state index contributed by atoms with van der Waals surface area (Å²) in [5, 5.41) is 0.966. The highest BCUT2D eigenvalue weighted by atomic mass is 32.2. The normalized spacial score (nSPS) is 26.0. The van der Waals surface area contributed by atoms with Gasteiger partial charge in [-0.05, 0) is 100 Å². The second-order valence-corrected chi connectivity index (χ2v) is 12.6. The van der Waals surface area contributed by atoms with Crippen LogP contribution in [0.1, 0.15) is 102 Å². The van der Waals surface area contributed by atoms with Gasteiger partial charge in [0.15, 0.2) is 5.17 Å². The average Bonchev–Trinajstić information content (AvgIpc) is 3.14. The molecule has 0 N–H and O–H groups in total. The summed E-state index contributed by atoms with van der Waals surface area (Å²) in [4.78, 5) is 24.3. The van der Waals surface area contributed by atoms with Gasteiger partial charge in [0.05, 0.1) is 16.5 Å². The summed E-state index contributed by atoms with van der Waals surface area (Å²) in [6, 6.07) is 5.26. The third kappa shape index (κ3) is 4.85. The lowest BCUT2D eigenvalue weighted by atomic mass is 9.87. The van der Waals surface area contributed by atoms with Crippen molar-refractivity contribution in [3.05, 3.63) is 39.8 Å². The van der Waals surface area contributed by atoms with Gasteiger partial charge in [-0.25, -0.2) is 0 Å². The van der Waals surface area contributed by atoms with Crippen molar-refractivity contribution >= 4 is 40.2 Å². The van der Waals surface area contributed by atoms with Crippen LogP contribution < -0.4 is 4.90 Å². The molecule has 4 nitrogen and oxygen atoms in total. The van der Waals surface area contributed by atoms with Crippen molar-refractivity contribution in [3.63, 3.8) is 0 Å². The topological polar surface area (TPSA) is 35.9 Å². The van der Waals surface area contributed by atoms with Crippen LogP contribution in [0.3, 0.4) is 0 Å². The van der Waals surface area contributed by atoms with Gasteiger partial charge < -0.3 is 4.90 Å². The number of hydrogen-bond acceptors (Lipinski definition) is 4. The molecule has 0 atom stereocenters. The van der Waals surface area contributed by atoms with Gasteiger partial charge in [-0.3, -0.25) is 14.7 Å². The second-order valence-electron chi connectivity index (χ2n) is 11.5. The number of rotatable bonds is 3. The molecular formula is C30H41N3OS. The van der Waals surface area contributed by atoms with Crippen LogP contribution in [0.5, 0.6) is 0 Å². The lowest BCUT2D eigenvalue weighted by Gasteiger charge is -2.41. The number of amides is 1. The summed E-state index contributed by atoms with van der Waals surface area (Å²) >= 11 is 1.62. The summed E-state index contributed by atoms with van der Waals surface area (Å²) < 4.78 is 0. The molecule has 2 aliphatic heterocycles. The third-order valence-electron chi connectivity index (χ3n) is 8.54. The van der Waals surface area contributed by atoms with Crippen LogP contribution in [-0.4, -0.2) is 40.6 Å². The van der Waals surface area contributed by atoms with Crippen molar-refractivity contribution in [2.45, 2.75) is 110 Å². The summed E-state index contributed by atoms with van der Waals surface area (Å²) in [7, 11) is 2.17. The number of hydrogen-bond donors (Lipinski definition) is 0. The molecule has 2 saturated carbocycles. The molecule has 1 aromatic carbocycles. The summed E-state index contributed by atoms with van der Waals surface area (Å²) in [6.45, 7) is 8.88. The number of anilines is 1. The van der Waals surface area contributed by atoms with E-state index in [1.54, 1.807) is 11.8 Å². The number of amidine groups is 1. The predicted molar refractivity (Wildman–Crippen MR) is 151 cm³/mol. The zero-order valence-corrected chi connectivity index (χ0v) is 23.0. The first kappa shape index (κ1) is 24.7. The first-order chi connectivity index (χ1) is 16.7. The van der Waals surface area contributed by atoms with Crippen molar-refractivity contribution < 1.29 is 4.79 Å². The van der Waals surface area contributed by atoms with Gasteiger partial charge in [-0.15, -0.1) is 0 Å². The van der Waals surface area contributed by atoms with Crippen molar-refractivity contribution in [1.82, 2.24) is 4.90 Å². The molecule has 0 bridgehead atoms. The molecular weight excluding hydrogens is 450 g/mol. The molecule has 5 rings (SSSR count). The minimum Gasteiger partial charge on any atom is -0.365 e. The Morgan fingerprint density at radius 1 is 1.00 bits per heavy atom. The van der Waals surface area contributed by atoms with E-state index >= 15 is 0 Å². The van der Waals surface area contributed by atoms with Crippen LogP contribution in [0.25, 0.3) is 11.6 Å². The summed E-state index contributed by atoms with van der Waals surface area (Å²) in [5.41, 5.74) is 6.18. The largest absolute Gasteiger partial charge is 0.365 e. The van der Waals surface area contributed by atoms with Gasteiger partial charge >= 0.3 is 0 Å². The Labute approximate surface area is 215 Å². The third-order valence-corrected chi connectivity index (χ3v) is 9.53. The fourth-order valence-corrected chi connectivity index (χ4v) is 7.32. The molecule has 1 amide bonds. The minimum atomic E-state index is -0.00818. The number of carbonyl (C=O) groups is 1. The molecule has 0 unspecified atom stereocenters. The molecule has 2 heterocycles. The number of thioether (sulfide) groups is 1. The van der Waals surface area contributed by atoms with E-state index in [1.807, 2.05) is 0 Å². The van der Waals surface area contributed by atoms with Gasteiger partial charge in [-0.2, -0.15) is 0 Å². The smallest absolute Gasteiger partial charge is 0.266 e. The molecule has 188 valence electrons. The molecule has 0 aromatic heterocycles. The maximum absolute atomic E-state index is 13.8. The van der Waals surface area contributed by atoms with Crippen LogP contribution in [-0.2, 0) is 4.79 Å². The highest BCUT2D eigenvalue weighted by Gasteiger charge is 2.39. The highest BCUT2D eigenvalue weighted by molar-refractivity contribution is 8.18. The minimum absolute atomic E-state index is 0.00818. The van der Waals surface area contributed by atoms with E-state index in [4.69, 9.17) is 4.99 Å². The van der Waals surface area contributed by atoms with Gasteiger partial charge in [-0.1, -0.05) is 44.6 Å². The fourth-order valence-electron chi connectivity index (χ4n) is 6.22. The second kappa shape index (κ2) is 9.80. The SMILES string of the molecule is CC1=CC(C)(C)N(C)c2cc(C)c(/C=C3/SC(=NC4CCCCC4)N(C4CCCCC4)C3=O)cc21. The van der Waals surface area contributed by atoms with Crippen molar-refractivity contribution in [2.75, 3.05) is 11.9 Å². The van der Waals surface area contributed by atoms with Crippen LogP contribution in [0.4, 0.5) is 5.69 Å². The van der Waals surface area contributed by atoms with Gasteiger partial charge in [0.2, 0.25) is 0 Å². The van der Waals surface area contributed by atoms with Gasteiger partial charge in [0, 0.05) is 24.3 Å². The molecule has 0 spiro atoms. The van der Waals surface area contributed by atoms with E-state index in [9.17, 15) is 4.79 Å². The number of benzene rings is 1. The molecule has 1 aromatic rings. The molecule has 4 aliphatic rings. The van der Waals surface area contributed by atoms with E-state index in [2.05, 4.69) is 68.8 Å². The quantitative estimate of drug-likeness (QED) is 0.409.